The van der Waals surface area contributed by atoms with Gasteiger partial charge in [0.1, 0.15) is 0 Å². The Bertz CT molecular complexity index is 399. The van der Waals surface area contributed by atoms with Gasteiger partial charge in [-0.3, -0.25) is 0 Å². The Morgan fingerprint density at radius 3 is 2.83 bits per heavy atom. The third-order valence-corrected chi connectivity index (χ3v) is 4.93. The van der Waals surface area contributed by atoms with Crippen LogP contribution in [-0.4, -0.2) is 17.8 Å². The Morgan fingerprint density at radius 2 is 2.11 bits per heavy atom. The first-order valence-electron chi connectivity index (χ1n) is 6.49. The average Bonchev–Trinajstić information content (AvgIpc) is 2.40. The van der Waals surface area contributed by atoms with E-state index in [4.69, 9.17) is 11.6 Å². The number of hydrogen-bond acceptors (Lipinski definition) is 2. The minimum atomic E-state index is 0.290. The molecule has 2 rings (SSSR count). The molecule has 1 aliphatic rings. The van der Waals surface area contributed by atoms with Crippen LogP contribution in [-0.2, 0) is 6.54 Å². The summed E-state index contributed by atoms with van der Waals surface area (Å²) in [6.45, 7) is 1.10. The first kappa shape index (κ1) is 14.3. The molecule has 2 atom stereocenters. The summed E-state index contributed by atoms with van der Waals surface area (Å²) in [7, 11) is 0. The SMILES string of the molecule is OCC1CCCCC1NCc1ccc(Br)c(Cl)c1. The molecule has 2 unspecified atom stereocenters. The number of rotatable bonds is 4. The van der Waals surface area contributed by atoms with Crippen molar-refractivity contribution in [3.05, 3.63) is 33.3 Å². The number of halogens is 2. The standard InChI is InChI=1S/C14H19BrClNO/c15-12-6-5-10(7-13(12)16)8-17-14-4-2-1-3-11(14)9-18/h5-7,11,14,17-18H,1-4,8-9H2. The molecular weight excluding hydrogens is 314 g/mol. The van der Waals surface area contributed by atoms with Gasteiger partial charge in [-0.2, -0.15) is 0 Å². The smallest absolute Gasteiger partial charge is 0.0551 e. The van der Waals surface area contributed by atoms with E-state index in [2.05, 4.69) is 27.3 Å². The minimum absolute atomic E-state index is 0.290. The Hall–Kier alpha value is -0.0900. The molecule has 0 aromatic heterocycles. The zero-order chi connectivity index (χ0) is 13.0. The molecule has 1 aliphatic carbocycles. The molecule has 0 radical (unpaired) electrons. The van der Waals surface area contributed by atoms with Gasteiger partial charge < -0.3 is 10.4 Å². The molecule has 1 aromatic carbocycles. The van der Waals surface area contributed by atoms with Crippen molar-refractivity contribution in [2.75, 3.05) is 6.61 Å². The maximum absolute atomic E-state index is 9.37. The van der Waals surface area contributed by atoms with Crippen LogP contribution < -0.4 is 5.32 Å². The second kappa shape index (κ2) is 6.90. The minimum Gasteiger partial charge on any atom is -0.396 e. The van der Waals surface area contributed by atoms with Gasteiger partial charge in [-0.25, -0.2) is 0 Å². The van der Waals surface area contributed by atoms with Gasteiger partial charge in [-0.1, -0.05) is 30.5 Å². The van der Waals surface area contributed by atoms with Crippen molar-refractivity contribution in [3.63, 3.8) is 0 Å². The lowest BCUT2D eigenvalue weighted by Crippen LogP contribution is -2.39. The molecular formula is C14H19BrClNO. The van der Waals surface area contributed by atoms with Crippen LogP contribution >= 0.6 is 27.5 Å². The van der Waals surface area contributed by atoms with Crippen molar-refractivity contribution >= 4 is 27.5 Å². The zero-order valence-electron chi connectivity index (χ0n) is 10.3. The van der Waals surface area contributed by atoms with E-state index >= 15 is 0 Å². The fraction of sp³-hybridized carbons (Fsp3) is 0.571. The van der Waals surface area contributed by atoms with Gasteiger partial charge in [0.25, 0.3) is 0 Å². The summed E-state index contributed by atoms with van der Waals surface area (Å²) in [5, 5.41) is 13.7. The van der Waals surface area contributed by atoms with Crippen molar-refractivity contribution in [1.82, 2.24) is 5.32 Å². The molecule has 4 heteroatoms. The van der Waals surface area contributed by atoms with Crippen LogP contribution in [0.4, 0.5) is 0 Å². The van der Waals surface area contributed by atoms with Crippen LogP contribution in [0.5, 0.6) is 0 Å². The molecule has 1 aromatic rings. The number of aliphatic hydroxyl groups is 1. The summed E-state index contributed by atoms with van der Waals surface area (Å²) in [5.41, 5.74) is 1.19. The Kier molecular flexibility index (Phi) is 5.49. The maximum Gasteiger partial charge on any atom is 0.0551 e. The fourth-order valence-corrected chi connectivity index (χ4v) is 3.04. The van der Waals surface area contributed by atoms with Crippen molar-refractivity contribution in [2.45, 2.75) is 38.3 Å². The molecule has 0 saturated heterocycles. The molecule has 100 valence electrons. The lowest BCUT2D eigenvalue weighted by atomic mass is 9.85. The zero-order valence-corrected chi connectivity index (χ0v) is 12.7. The van der Waals surface area contributed by atoms with Gasteiger partial charge in [0.15, 0.2) is 0 Å². The quantitative estimate of drug-likeness (QED) is 0.880. The highest BCUT2D eigenvalue weighted by atomic mass is 79.9. The second-order valence-electron chi connectivity index (χ2n) is 4.96. The van der Waals surface area contributed by atoms with E-state index in [0.717, 1.165) is 28.9 Å². The molecule has 1 saturated carbocycles. The maximum atomic E-state index is 9.37. The number of nitrogens with one attached hydrogen (secondary N) is 1. The highest BCUT2D eigenvalue weighted by molar-refractivity contribution is 9.10. The van der Waals surface area contributed by atoms with Gasteiger partial charge >= 0.3 is 0 Å². The highest BCUT2D eigenvalue weighted by Gasteiger charge is 2.23. The largest absolute Gasteiger partial charge is 0.396 e. The third-order valence-electron chi connectivity index (χ3n) is 3.70. The van der Waals surface area contributed by atoms with Gasteiger partial charge in [0.2, 0.25) is 0 Å². The fourth-order valence-electron chi connectivity index (χ4n) is 2.59. The van der Waals surface area contributed by atoms with Crippen LogP contribution in [0.2, 0.25) is 5.02 Å². The summed E-state index contributed by atoms with van der Waals surface area (Å²) in [4.78, 5) is 0. The molecule has 0 amide bonds. The molecule has 2 nitrogen and oxygen atoms in total. The van der Waals surface area contributed by atoms with Crippen molar-refractivity contribution < 1.29 is 5.11 Å². The molecule has 0 bridgehead atoms. The number of benzene rings is 1. The first-order chi connectivity index (χ1) is 8.70. The van der Waals surface area contributed by atoms with E-state index in [-0.39, 0.29) is 0 Å². The first-order valence-corrected chi connectivity index (χ1v) is 7.66. The van der Waals surface area contributed by atoms with Crippen molar-refractivity contribution in [2.24, 2.45) is 5.92 Å². The van der Waals surface area contributed by atoms with Gasteiger partial charge in [0.05, 0.1) is 5.02 Å². The summed E-state index contributed by atoms with van der Waals surface area (Å²) < 4.78 is 0.929. The van der Waals surface area contributed by atoms with Gasteiger partial charge in [-0.05, 0) is 52.4 Å². The lowest BCUT2D eigenvalue weighted by Gasteiger charge is -2.31. The predicted octanol–water partition coefficient (Wildman–Crippen LogP) is 3.74. The Labute approximate surface area is 122 Å². The molecule has 0 spiro atoms. The van der Waals surface area contributed by atoms with Crippen LogP contribution in [0, 0.1) is 5.92 Å². The van der Waals surface area contributed by atoms with Crippen LogP contribution in [0.15, 0.2) is 22.7 Å². The van der Waals surface area contributed by atoms with E-state index < -0.39 is 0 Å². The second-order valence-corrected chi connectivity index (χ2v) is 6.22. The average molecular weight is 333 g/mol. The summed E-state index contributed by atoms with van der Waals surface area (Å²) in [5.74, 6) is 0.407. The summed E-state index contributed by atoms with van der Waals surface area (Å²) in [6, 6.07) is 6.46. The monoisotopic (exact) mass is 331 g/mol. The molecule has 0 heterocycles. The van der Waals surface area contributed by atoms with Crippen LogP contribution in [0.3, 0.4) is 0 Å². The molecule has 18 heavy (non-hydrogen) atoms. The number of aliphatic hydroxyl groups excluding tert-OH is 1. The highest BCUT2D eigenvalue weighted by Crippen LogP contribution is 2.26. The number of hydrogen-bond donors (Lipinski definition) is 2. The van der Waals surface area contributed by atoms with E-state index in [1.54, 1.807) is 0 Å². The van der Waals surface area contributed by atoms with Crippen molar-refractivity contribution in [3.8, 4) is 0 Å². The van der Waals surface area contributed by atoms with E-state index in [1.165, 1.54) is 18.4 Å². The lowest BCUT2D eigenvalue weighted by molar-refractivity contribution is 0.152. The molecule has 0 aliphatic heterocycles. The molecule has 1 fully saturated rings. The van der Waals surface area contributed by atoms with E-state index in [0.29, 0.717) is 18.6 Å². The third kappa shape index (κ3) is 3.70. The summed E-state index contributed by atoms with van der Waals surface area (Å²) >= 11 is 9.47. The summed E-state index contributed by atoms with van der Waals surface area (Å²) in [6.07, 6.45) is 4.80. The van der Waals surface area contributed by atoms with Crippen LogP contribution in [0.1, 0.15) is 31.2 Å². The Balaban J connectivity index is 1.91. The molecule has 2 N–H and O–H groups in total. The van der Waals surface area contributed by atoms with E-state index in [9.17, 15) is 5.11 Å². The Morgan fingerprint density at radius 1 is 1.33 bits per heavy atom. The predicted molar refractivity (Wildman–Crippen MR) is 78.8 cm³/mol. The normalized spacial score (nSPS) is 24.2. The van der Waals surface area contributed by atoms with Crippen LogP contribution in [0.25, 0.3) is 0 Å². The van der Waals surface area contributed by atoms with E-state index in [1.807, 2.05) is 12.1 Å². The van der Waals surface area contributed by atoms with Gasteiger partial charge in [-0.15, -0.1) is 0 Å². The van der Waals surface area contributed by atoms with Gasteiger partial charge in [0, 0.05) is 23.7 Å². The topological polar surface area (TPSA) is 32.3 Å². The van der Waals surface area contributed by atoms with Crippen molar-refractivity contribution in [1.29, 1.82) is 0 Å².